The Labute approximate surface area is 91.4 Å². The van der Waals surface area contributed by atoms with E-state index in [0.717, 1.165) is 19.6 Å². The highest BCUT2D eigenvalue weighted by Crippen LogP contribution is 2.25. The van der Waals surface area contributed by atoms with E-state index in [0.29, 0.717) is 5.92 Å². The van der Waals surface area contributed by atoms with Gasteiger partial charge in [-0.25, -0.2) is 0 Å². The van der Waals surface area contributed by atoms with Gasteiger partial charge in [0.2, 0.25) is 0 Å². The van der Waals surface area contributed by atoms with Crippen molar-refractivity contribution in [2.24, 2.45) is 5.73 Å². The average Bonchev–Trinajstić information content (AvgIpc) is 2.61. The first kappa shape index (κ1) is 10.4. The highest BCUT2D eigenvalue weighted by atomic mass is 15.2. The fraction of sp³-hybridized carbons (Fsp3) is 0.385. The molecule has 1 aliphatic heterocycles. The smallest absolute Gasteiger partial charge is 0.0250 e. The molecule has 2 rings (SSSR count). The molecule has 1 aromatic carbocycles. The molecule has 2 N–H and O–H groups in total. The summed E-state index contributed by atoms with van der Waals surface area (Å²) in [5, 5.41) is 0. The second kappa shape index (κ2) is 4.60. The molecule has 80 valence electrons. The third kappa shape index (κ3) is 2.28. The highest BCUT2D eigenvalue weighted by molar-refractivity contribution is 5.23. The van der Waals surface area contributed by atoms with E-state index in [-0.39, 0.29) is 6.04 Å². The molecule has 0 amide bonds. The van der Waals surface area contributed by atoms with Crippen molar-refractivity contribution < 1.29 is 0 Å². The molecule has 0 radical (unpaired) electrons. The minimum atomic E-state index is 0.257. The van der Waals surface area contributed by atoms with Gasteiger partial charge < -0.3 is 5.73 Å². The van der Waals surface area contributed by atoms with E-state index < -0.39 is 0 Å². The summed E-state index contributed by atoms with van der Waals surface area (Å²) in [6, 6.07) is 10.8. The van der Waals surface area contributed by atoms with Gasteiger partial charge >= 0.3 is 0 Å². The molecule has 0 spiro atoms. The SMILES string of the molecule is C=CCN1C[C@@H](N)[C@H](c2ccccc2)C1. The Balaban J connectivity index is 2.08. The predicted molar refractivity (Wildman–Crippen MR) is 63.8 cm³/mol. The van der Waals surface area contributed by atoms with E-state index in [1.54, 1.807) is 0 Å². The Hall–Kier alpha value is -1.12. The molecule has 2 nitrogen and oxygen atoms in total. The van der Waals surface area contributed by atoms with Crippen molar-refractivity contribution in [2.75, 3.05) is 19.6 Å². The number of likely N-dealkylation sites (tertiary alicyclic amines) is 1. The fourth-order valence-corrected chi connectivity index (χ4v) is 2.30. The molecule has 1 aliphatic rings. The van der Waals surface area contributed by atoms with Gasteiger partial charge in [-0.05, 0) is 5.56 Å². The Bertz CT molecular complexity index is 321. The zero-order chi connectivity index (χ0) is 10.7. The second-order valence-electron chi connectivity index (χ2n) is 4.19. The number of hydrogen-bond acceptors (Lipinski definition) is 2. The van der Waals surface area contributed by atoms with Gasteiger partial charge in [0.15, 0.2) is 0 Å². The van der Waals surface area contributed by atoms with Crippen LogP contribution >= 0.6 is 0 Å². The number of rotatable bonds is 3. The summed E-state index contributed by atoms with van der Waals surface area (Å²) < 4.78 is 0. The topological polar surface area (TPSA) is 29.3 Å². The molecule has 0 bridgehead atoms. The van der Waals surface area contributed by atoms with Crippen molar-refractivity contribution in [1.82, 2.24) is 4.90 Å². The lowest BCUT2D eigenvalue weighted by atomic mass is 9.95. The summed E-state index contributed by atoms with van der Waals surface area (Å²) in [6.45, 7) is 6.74. The van der Waals surface area contributed by atoms with Crippen molar-refractivity contribution in [2.45, 2.75) is 12.0 Å². The molecule has 2 atom stereocenters. The molecular formula is C13H18N2. The molecule has 0 unspecified atom stereocenters. The number of benzene rings is 1. The third-order valence-corrected chi connectivity index (χ3v) is 3.06. The quantitative estimate of drug-likeness (QED) is 0.754. The van der Waals surface area contributed by atoms with Crippen LogP contribution in [0.2, 0.25) is 0 Å². The predicted octanol–water partition coefficient (Wildman–Crippen LogP) is 1.60. The Kier molecular flexibility index (Phi) is 3.19. The maximum atomic E-state index is 6.16. The van der Waals surface area contributed by atoms with E-state index in [9.17, 15) is 0 Å². The zero-order valence-electron chi connectivity index (χ0n) is 8.97. The third-order valence-electron chi connectivity index (χ3n) is 3.06. The number of nitrogens with zero attached hydrogens (tertiary/aromatic N) is 1. The van der Waals surface area contributed by atoms with Gasteiger partial charge in [0.1, 0.15) is 0 Å². The summed E-state index contributed by atoms with van der Waals surface area (Å²) in [5.74, 6) is 0.478. The summed E-state index contributed by atoms with van der Waals surface area (Å²) in [7, 11) is 0. The standard InChI is InChI=1S/C13H18N2/c1-2-8-15-9-12(13(14)10-15)11-6-4-3-5-7-11/h2-7,12-13H,1,8-10,14H2/t12-,13+/m0/s1. The summed E-state index contributed by atoms with van der Waals surface area (Å²) >= 11 is 0. The van der Waals surface area contributed by atoms with Gasteiger partial charge in [0.25, 0.3) is 0 Å². The first-order chi connectivity index (χ1) is 7.31. The van der Waals surface area contributed by atoms with Gasteiger partial charge in [0, 0.05) is 31.6 Å². The average molecular weight is 202 g/mol. The Morgan fingerprint density at radius 1 is 1.33 bits per heavy atom. The molecule has 0 aromatic heterocycles. The highest BCUT2D eigenvalue weighted by Gasteiger charge is 2.30. The number of nitrogens with two attached hydrogens (primary N) is 1. The van der Waals surface area contributed by atoms with Crippen LogP contribution in [-0.2, 0) is 0 Å². The minimum Gasteiger partial charge on any atom is -0.326 e. The van der Waals surface area contributed by atoms with Crippen molar-refractivity contribution in [1.29, 1.82) is 0 Å². The zero-order valence-corrected chi connectivity index (χ0v) is 8.97. The van der Waals surface area contributed by atoms with Crippen LogP contribution in [0.3, 0.4) is 0 Å². The van der Waals surface area contributed by atoms with Gasteiger partial charge in [-0.3, -0.25) is 4.90 Å². The van der Waals surface area contributed by atoms with Gasteiger partial charge in [-0.2, -0.15) is 0 Å². The van der Waals surface area contributed by atoms with E-state index >= 15 is 0 Å². The van der Waals surface area contributed by atoms with Crippen molar-refractivity contribution >= 4 is 0 Å². The summed E-state index contributed by atoms with van der Waals surface area (Å²) in [4.78, 5) is 2.36. The van der Waals surface area contributed by atoms with E-state index in [1.165, 1.54) is 5.56 Å². The number of hydrogen-bond donors (Lipinski definition) is 1. The van der Waals surface area contributed by atoms with Crippen LogP contribution in [0.1, 0.15) is 11.5 Å². The normalized spacial score (nSPS) is 26.7. The molecule has 0 aliphatic carbocycles. The maximum Gasteiger partial charge on any atom is 0.0250 e. The first-order valence-corrected chi connectivity index (χ1v) is 5.45. The van der Waals surface area contributed by atoms with Crippen LogP contribution in [0.15, 0.2) is 43.0 Å². The van der Waals surface area contributed by atoms with Crippen molar-refractivity contribution in [3.05, 3.63) is 48.6 Å². The lowest BCUT2D eigenvalue weighted by Gasteiger charge is -2.14. The summed E-state index contributed by atoms with van der Waals surface area (Å²) in [5.41, 5.74) is 7.51. The van der Waals surface area contributed by atoms with Crippen molar-refractivity contribution in [3.8, 4) is 0 Å². The van der Waals surface area contributed by atoms with E-state index in [1.807, 2.05) is 12.1 Å². The monoisotopic (exact) mass is 202 g/mol. The van der Waals surface area contributed by atoms with Gasteiger partial charge in [-0.15, -0.1) is 6.58 Å². The van der Waals surface area contributed by atoms with E-state index in [4.69, 9.17) is 5.73 Å². The van der Waals surface area contributed by atoms with E-state index in [2.05, 4.69) is 35.7 Å². The summed E-state index contributed by atoms with van der Waals surface area (Å²) in [6.07, 6.45) is 1.94. The molecule has 15 heavy (non-hydrogen) atoms. The van der Waals surface area contributed by atoms with Crippen LogP contribution in [0.5, 0.6) is 0 Å². The van der Waals surface area contributed by atoms with Crippen LogP contribution in [0.4, 0.5) is 0 Å². The molecule has 2 heteroatoms. The maximum absolute atomic E-state index is 6.16. The van der Waals surface area contributed by atoms with Crippen molar-refractivity contribution in [3.63, 3.8) is 0 Å². The molecule has 1 saturated heterocycles. The van der Waals surface area contributed by atoms with Crippen LogP contribution in [-0.4, -0.2) is 30.6 Å². The van der Waals surface area contributed by atoms with Gasteiger partial charge in [-0.1, -0.05) is 36.4 Å². The Morgan fingerprint density at radius 2 is 2.07 bits per heavy atom. The second-order valence-corrected chi connectivity index (χ2v) is 4.19. The molecular weight excluding hydrogens is 184 g/mol. The van der Waals surface area contributed by atoms with Gasteiger partial charge in [0.05, 0.1) is 0 Å². The fourth-order valence-electron chi connectivity index (χ4n) is 2.30. The molecule has 1 heterocycles. The molecule has 1 fully saturated rings. The molecule has 1 aromatic rings. The minimum absolute atomic E-state index is 0.257. The van der Waals surface area contributed by atoms with Crippen LogP contribution < -0.4 is 5.73 Å². The molecule has 0 saturated carbocycles. The first-order valence-electron chi connectivity index (χ1n) is 5.45. The lowest BCUT2D eigenvalue weighted by Crippen LogP contribution is -2.28. The van der Waals surface area contributed by atoms with Crippen LogP contribution in [0, 0.1) is 0 Å². The largest absolute Gasteiger partial charge is 0.326 e. The lowest BCUT2D eigenvalue weighted by molar-refractivity contribution is 0.368. The van der Waals surface area contributed by atoms with Crippen LogP contribution in [0.25, 0.3) is 0 Å². The Morgan fingerprint density at radius 3 is 2.73 bits per heavy atom.